The Labute approximate surface area is 224 Å². The summed E-state index contributed by atoms with van der Waals surface area (Å²) >= 11 is 0. The number of carbonyl (C=O) groups is 3. The summed E-state index contributed by atoms with van der Waals surface area (Å²) in [7, 11) is 0. The summed E-state index contributed by atoms with van der Waals surface area (Å²) in [6, 6.07) is 14.2. The topological polar surface area (TPSA) is 146 Å². The molecule has 11 nitrogen and oxygen atoms in total. The molecule has 0 saturated heterocycles. The zero-order valence-electron chi connectivity index (χ0n) is 21.7. The van der Waals surface area contributed by atoms with Crippen molar-refractivity contribution in [3.63, 3.8) is 0 Å². The van der Waals surface area contributed by atoms with Crippen LogP contribution < -0.4 is 21.1 Å². The number of carbonyl (C=O) groups excluding carboxylic acids is 3. The molecule has 0 bridgehead atoms. The Bertz CT molecular complexity index is 1590. The van der Waals surface area contributed by atoms with Crippen LogP contribution in [0.15, 0.2) is 54.6 Å². The van der Waals surface area contributed by atoms with Crippen LogP contribution in [0.4, 0.5) is 5.95 Å². The molecule has 4 N–H and O–H groups in total. The molecule has 0 unspecified atom stereocenters. The highest BCUT2D eigenvalue weighted by molar-refractivity contribution is 6.04. The number of anilines is 1. The second kappa shape index (κ2) is 10.8. The van der Waals surface area contributed by atoms with Crippen LogP contribution in [0.25, 0.3) is 17.1 Å². The Morgan fingerprint density at radius 2 is 1.97 bits per heavy atom. The molecule has 0 aliphatic carbocycles. The van der Waals surface area contributed by atoms with Crippen LogP contribution in [0.5, 0.6) is 5.75 Å². The molecular formula is C28H29N7O4. The molecule has 0 spiro atoms. The number of imidazole rings is 1. The first-order valence-corrected chi connectivity index (χ1v) is 12.7. The van der Waals surface area contributed by atoms with Crippen molar-refractivity contribution in [2.45, 2.75) is 32.9 Å². The van der Waals surface area contributed by atoms with E-state index in [4.69, 9.17) is 10.5 Å². The molecule has 0 radical (unpaired) electrons. The van der Waals surface area contributed by atoms with Gasteiger partial charge in [-0.05, 0) is 50.1 Å². The van der Waals surface area contributed by atoms with Gasteiger partial charge in [-0.15, -0.1) is 0 Å². The van der Waals surface area contributed by atoms with Gasteiger partial charge in [0, 0.05) is 24.7 Å². The number of nitrogens with one attached hydrogen (secondary N) is 2. The SMILES string of the molecule is CCn1nc(C)cc1C(=O)Nc1nc2cc(C(N)=O)cc3c2n1[C@@H](CCNC(=O)/C=C/c1ccccc1)CO3. The summed E-state index contributed by atoms with van der Waals surface area (Å²) < 4.78 is 9.50. The number of hydrogen-bond acceptors (Lipinski definition) is 6. The highest BCUT2D eigenvalue weighted by Gasteiger charge is 2.29. The van der Waals surface area contributed by atoms with E-state index in [0.717, 1.165) is 11.3 Å². The van der Waals surface area contributed by atoms with E-state index in [1.54, 1.807) is 29.0 Å². The number of ether oxygens (including phenoxy) is 1. The summed E-state index contributed by atoms with van der Waals surface area (Å²) in [4.78, 5) is 42.1. The van der Waals surface area contributed by atoms with Crippen molar-refractivity contribution < 1.29 is 19.1 Å². The standard InChI is InChI=1S/C28H29N7O4/c1-3-34-22(13-17(2)33-34)27(38)32-28-31-21-14-19(26(29)37)15-23-25(21)35(28)20(16-39-23)11-12-30-24(36)10-9-18-7-5-4-6-8-18/h4-10,13-15,20H,3,11-12,16H2,1-2H3,(H2,29,37)(H,30,36)(H,31,32,38)/b10-9+/t20-/m0/s1. The average molecular weight is 528 g/mol. The lowest BCUT2D eigenvalue weighted by Crippen LogP contribution is -2.30. The number of benzene rings is 2. The Balaban J connectivity index is 1.39. The van der Waals surface area contributed by atoms with E-state index in [1.807, 2.05) is 48.7 Å². The largest absolute Gasteiger partial charge is 0.489 e. The number of hydrogen-bond donors (Lipinski definition) is 3. The molecule has 3 heterocycles. The molecule has 4 aromatic rings. The van der Waals surface area contributed by atoms with Crippen LogP contribution in [0.3, 0.4) is 0 Å². The van der Waals surface area contributed by atoms with Crippen molar-refractivity contribution in [3.8, 4) is 5.75 Å². The summed E-state index contributed by atoms with van der Waals surface area (Å²) in [5, 5.41) is 10.2. The molecule has 1 atom stereocenters. The summed E-state index contributed by atoms with van der Waals surface area (Å²) in [6.07, 6.45) is 3.76. The average Bonchev–Trinajstić information content (AvgIpc) is 3.50. The zero-order valence-corrected chi connectivity index (χ0v) is 21.7. The second-order valence-electron chi connectivity index (χ2n) is 9.24. The first-order chi connectivity index (χ1) is 18.8. The minimum Gasteiger partial charge on any atom is -0.489 e. The summed E-state index contributed by atoms with van der Waals surface area (Å²) in [5.41, 5.74) is 8.95. The fraction of sp³-hybridized carbons (Fsp3) is 0.250. The van der Waals surface area contributed by atoms with Crippen LogP contribution in [-0.2, 0) is 11.3 Å². The molecule has 200 valence electrons. The molecule has 3 amide bonds. The molecule has 39 heavy (non-hydrogen) atoms. The summed E-state index contributed by atoms with van der Waals surface area (Å²) in [5.74, 6) is -0.412. The predicted octanol–water partition coefficient (Wildman–Crippen LogP) is 3.07. The minimum atomic E-state index is -0.604. The molecular weight excluding hydrogens is 498 g/mol. The molecule has 5 rings (SSSR count). The monoisotopic (exact) mass is 527 g/mol. The molecule has 11 heteroatoms. The smallest absolute Gasteiger partial charge is 0.276 e. The van der Waals surface area contributed by atoms with E-state index in [0.29, 0.717) is 47.9 Å². The lowest BCUT2D eigenvalue weighted by atomic mass is 10.1. The van der Waals surface area contributed by atoms with E-state index in [-0.39, 0.29) is 30.0 Å². The third-order valence-corrected chi connectivity index (χ3v) is 6.49. The fourth-order valence-corrected chi connectivity index (χ4v) is 4.66. The highest BCUT2D eigenvalue weighted by atomic mass is 16.5. The number of nitrogens with zero attached hydrogens (tertiary/aromatic N) is 4. The van der Waals surface area contributed by atoms with E-state index in [9.17, 15) is 14.4 Å². The lowest BCUT2D eigenvalue weighted by Gasteiger charge is -2.27. The maximum absolute atomic E-state index is 13.2. The van der Waals surface area contributed by atoms with Gasteiger partial charge >= 0.3 is 0 Å². The van der Waals surface area contributed by atoms with Crippen LogP contribution >= 0.6 is 0 Å². The molecule has 1 aliphatic heterocycles. The van der Waals surface area contributed by atoms with Crippen LogP contribution in [0.1, 0.15) is 51.5 Å². The van der Waals surface area contributed by atoms with Crippen molar-refractivity contribution >= 4 is 40.8 Å². The minimum absolute atomic E-state index is 0.213. The predicted molar refractivity (Wildman–Crippen MR) is 146 cm³/mol. The first-order valence-electron chi connectivity index (χ1n) is 12.7. The molecule has 1 aliphatic rings. The molecule has 2 aromatic carbocycles. The molecule has 0 saturated carbocycles. The maximum Gasteiger partial charge on any atom is 0.276 e. The van der Waals surface area contributed by atoms with Crippen molar-refractivity contribution in [1.29, 1.82) is 0 Å². The highest BCUT2D eigenvalue weighted by Crippen LogP contribution is 2.38. The van der Waals surface area contributed by atoms with Gasteiger partial charge in [-0.2, -0.15) is 5.10 Å². The Kier molecular flexibility index (Phi) is 7.13. The van der Waals surface area contributed by atoms with Gasteiger partial charge in [-0.1, -0.05) is 30.3 Å². The quantitative estimate of drug-likeness (QED) is 0.285. The van der Waals surface area contributed by atoms with Gasteiger partial charge in [0.05, 0.1) is 17.3 Å². The van der Waals surface area contributed by atoms with E-state index in [2.05, 4.69) is 20.7 Å². The fourth-order valence-electron chi connectivity index (χ4n) is 4.66. The van der Waals surface area contributed by atoms with E-state index in [1.165, 1.54) is 6.08 Å². The number of amides is 3. The lowest BCUT2D eigenvalue weighted by molar-refractivity contribution is -0.116. The number of rotatable bonds is 9. The number of aryl methyl sites for hydroxylation is 2. The van der Waals surface area contributed by atoms with E-state index >= 15 is 0 Å². The third kappa shape index (κ3) is 5.37. The normalized spacial score (nSPS) is 14.4. The van der Waals surface area contributed by atoms with Gasteiger partial charge in [0.2, 0.25) is 17.8 Å². The van der Waals surface area contributed by atoms with Gasteiger partial charge in [-0.3, -0.25) is 24.4 Å². The van der Waals surface area contributed by atoms with Crippen LogP contribution in [0, 0.1) is 6.92 Å². The van der Waals surface area contributed by atoms with Gasteiger partial charge in [-0.25, -0.2) is 4.98 Å². The zero-order chi connectivity index (χ0) is 27.5. The molecule has 0 fully saturated rings. The van der Waals surface area contributed by atoms with Gasteiger partial charge < -0.3 is 20.4 Å². The van der Waals surface area contributed by atoms with Crippen molar-refractivity contribution in [2.75, 3.05) is 18.5 Å². The maximum atomic E-state index is 13.2. The van der Waals surface area contributed by atoms with E-state index < -0.39 is 5.91 Å². The third-order valence-electron chi connectivity index (χ3n) is 6.49. The van der Waals surface area contributed by atoms with Crippen molar-refractivity contribution in [2.24, 2.45) is 5.73 Å². The van der Waals surface area contributed by atoms with Crippen molar-refractivity contribution in [1.82, 2.24) is 24.6 Å². The van der Waals surface area contributed by atoms with Crippen LogP contribution in [-0.4, -0.2) is 50.2 Å². The Hall–Kier alpha value is -4.93. The second-order valence-corrected chi connectivity index (χ2v) is 9.24. The van der Waals surface area contributed by atoms with Gasteiger partial charge in [0.15, 0.2) is 0 Å². The molecule has 2 aromatic heterocycles. The Morgan fingerprint density at radius 1 is 1.18 bits per heavy atom. The first kappa shape index (κ1) is 25.7. The number of primary amides is 1. The van der Waals surface area contributed by atoms with Crippen molar-refractivity contribution in [3.05, 3.63) is 77.1 Å². The van der Waals surface area contributed by atoms with Crippen LogP contribution in [0.2, 0.25) is 0 Å². The number of aromatic nitrogens is 4. The Morgan fingerprint density at radius 3 is 2.72 bits per heavy atom. The summed E-state index contributed by atoms with van der Waals surface area (Å²) in [6.45, 7) is 4.89. The number of nitrogens with two attached hydrogens (primary N) is 1. The van der Waals surface area contributed by atoms with Gasteiger partial charge in [0.1, 0.15) is 23.6 Å². The van der Waals surface area contributed by atoms with Gasteiger partial charge in [0.25, 0.3) is 5.91 Å².